The van der Waals surface area contributed by atoms with E-state index in [2.05, 4.69) is 5.32 Å². The highest BCUT2D eigenvalue weighted by molar-refractivity contribution is 5.86. The van der Waals surface area contributed by atoms with Gasteiger partial charge in [-0.15, -0.1) is 0 Å². The highest BCUT2D eigenvalue weighted by atomic mass is 19.4. The molecule has 0 aromatic rings. The van der Waals surface area contributed by atoms with Crippen LogP contribution in [0.15, 0.2) is 0 Å². The molecule has 0 spiro atoms. The summed E-state index contributed by atoms with van der Waals surface area (Å²) >= 11 is 0. The van der Waals surface area contributed by atoms with E-state index in [4.69, 9.17) is 5.11 Å². The van der Waals surface area contributed by atoms with Crippen molar-refractivity contribution in [3.8, 4) is 0 Å². The predicted molar refractivity (Wildman–Crippen MR) is 56.0 cm³/mol. The van der Waals surface area contributed by atoms with Crippen molar-refractivity contribution in [2.75, 3.05) is 6.54 Å². The van der Waals surface area contributed by atoms with Crippen LogP contribution in [0.25, 0.3) is 0 Å². The maximum atomic E-state index is 12.6. The van der Waals surface area contributed by atoms with Crippen molar-refractivity contribution >= 4 is 12.0 Å². The van der Waals surface area contributed by atoms with Crippen LogP contribution in [0.2, 0.25) is 0 Å². The summed E-state index contributed by atoms with van der Waals surface area (Å²) < 4.78 is 37.7. The quantitative estimate of drug-likeness (QED) is 0.722. The minimum absolute atomic E-state index is 0.263. The molecule has 1 fully saturated rings. The Labute approximate surface area is 102 Å². The van der Waals surface area contributed by atoms with Gasteiger partial charge in [-0.1, -0.05) is 6.42 Å². The molecule has 8 heteroatoms. The lowest BCUT2D eigenvalue weighted by atomic mass is 9.85. The van der Waals surface area contributed by atoms with Gasteiger partial charge in [0.25, 0.3) is 0 Å². The van der Waals surface area contributed by atoms with E-state index in [9.17, 15) is 22.8 Å². The second-order valence-electron chi connectivity index (χ2n) is 4.56. The molecule has 3 N–H and O–H groups in total. The number of hydrogen-bond donors (Lipinski definition) is 3. The molecule has 0 heterocycles. The van der Waals surface area contributed by atoms with Gasteiger partial charge in [0.05, 0.1) is 0 Å². The molecule has 18 heavy (non-hydrogen) atoms. The van der Waals surface area contributed by atoms with Crippen molar-refractivity contribution < 1.29 is 27.9 Å². The molecule has 1 unspecified atom stereocenters. The van der Waals surface area contributed by atoms with Gasteiger partial charge in [0, 0.05) is 6.54 Å². The van der Waals surface area contributed by atoms with E-state index in [1.807, 2.05) is 0 Å². The first-order chi connectivity index (χ1) is 8.17. The Morgan fingerprint density at radius 2 is 1.89 bits per heavy atom. The van der Waals surface area contributed by atoms with Crippen LogP contribution in [0, 0.1) is 5.92 Å². The zero-order chi connectivity index (χ0) is 14.0. The number of nitrogens with one attached hydrogen (secondary N) is 2. The molecule has 1 aliphatic carbocycles. The number of carboxylic acids is 1. The van der Waals surface area contributed by atoms with Crippen LogP contribution >= 0.6 is 0 Å². The van der Waals surface area contributed by atoms with Crippen molar-refractivity contribution in [3.05, 3.63) is 0 Å². The number of carbonyl (C=O) groups excluding carboxylic acids is 1. The molecule has 0 saturated heterocycles. The first-order valence-corrected chi connectivity index (χ1v) is 5.53. The first-order valence-electron chi connectivity index (χ1n) is 5.53. The van der Waals surface area contributed by atoms with Crippen molar-refractivity contribution in [2.24, 2.45) is 5.92 Å². The molecule has 0 aliphatic heterocycles. The second kappa shape index (κ2) is 5.03. The Morgan fingerprint density at radius 3 is 2.22 bits per heavy atom. The smallest absolute Gasteiger partial charge is 0.422 e. The number of amides is 2. The van der Waals surface area contributed by atoms with Gasteiger partial charge in [-0.05, 0) is 25.7 Å². The molecular weight excluding hydrogens is 253 g/mol. The molecule has 5 nitrogen and oxygen atoms in total. The molecule has 0 bridgehead atoms. The van der Waals surface area contributed by atoms with Crippen LogP contribution < -0.4 is 10.6 Å². The number of carbonyl (C=O) groups is 2. The number of alkyl halides is 3. The van der Waals surface area contributed by atoms with E-state index in [0.29, 0.717) is 6.92 Å². The van der Waals surface area contributed by atoms with Gasteiger partial charge in [0.2, 0.25) is 5.54 Å². The van der Waals surface area contributed by atoms with Crippen LogP contribution in [0.4, 0.5) is 18.0 Å². The fraction of sp³-hybridized carbons (Fsp3) is 0.800. The lowest BCUT2D eigenvalue weighted by molar-refractivity contribution is -0.203. The summed E-state index contributed by atoms with van der Waals surface area (Å²) in [6.45, 7) is 0.678. The van der Waals surface area contributed by atoms with Crippen LogP contribution in [-0.4, -0.2) is 35.4 Å². The van der Waals surface area contributed by atoms with Crippen LogP contribution in [0.3, 0.4) is 0 Å². The summed E-state index contributed by atoms with van der Waals surface area (Å²) in [5, 5.41) is 12.3. The molecule has 2 amide bonds. The topological polar surface area (TPSA) is 78.4 Å². The van der Waals surface area contributed by atoms with Gasteiger partial charge in [0.15, 0.2) is 0 Å². The Kier molecular flexibility index (Phi) is 4.08. The van der Waals surface area contributed by atoms with Crippen LogP contribution in [0.1, 0.15) is 26.2 Å². The predicted octanol–water partition coefficient (Wildman–Crippen LogP) is 1.49. The van der Waals surface area contributed by atoms with Gasteiger partial charge >= 0.3 is 18.2 Å². The molecule has 1 saturated carbocycles. The molecule has 1 aliphatic rings. The van der Waals surface area contributed by atoms with Crippen molar-refractivity contribution in [2.45, 2.75) is 37.9 Å². The number of aliphatic carboxylic acids is 1. The van der Waals surface area contributed by atoms with Gasteiger partial charge in [-0.3, -0.25) is 0 Å². The molecular formula is C10H15F3N2O3. The lowest BCUT2D eigenvalue weighted by Gasteiger charge is -2.30. The fourth-order valence-electron chi connectivity index (χ4n) is 1.45. The second-order valence-corrected chi connectivity index (χ2v) is 4.56. The van der Waals surface area contributed by atoms with Gasteiger partial charge in [-0.2, -0.15) is 13.2 Å². The average Bonchev–Trinajstić information content (AvgIpc) is 2.12. The normalized spacial score (nSPS) is 19.6. The maximum Gasteiger partial charge on any atom is 0.422 e. The maximum absolute atomic E-state index is 12.6. The van der Waals surface area contributed by atoms with Crippen LogP contribution in [-0.2, 0) is 4.79 Å². The van der Waals surface area contributed by atoms with Gasteiger partial charge < -0.3 is 15.7 Å². The Morgan fingerprint density at radius 1 is 1.33 bits per heavy atom. The number of hydrogen-bond acceptors (Lipinski definition) is 2. The van der Waals surface area contributed by atoms with E-state index in [-0.39, 0.29) is 12.5 Å². The Bertz CT molecular complexity index is 342. The zero-order valence-corrected chi connectivity index (χ0v) is 9.80. The number of halogens is 3. The van der Waals surface area contributed by atoms with Gasteiger partial charge in [0.1, 0.15) is 0 Å². The average molecular weight is 268 g/mol. The first kappa shape index (κ1) is 14.6. The molecule has 104 valence electrons. The highest BCUT2D eigenvalue weighted by Crippen LogP contribution is 2.30. The molecule has 0 aromatic heterocycles. The summed E-state index contributed by atoms with van der Waals surface area (Å²) in [4.78, 5) is 21.9. The van der Waals surface area contributed by atoms with E-state index in [1.54, 1.807) is 0 Å². The van der Waals surface area contributed by atoms with Crippen molar-refractivity contribution in [3.63, 3.8) is 0 Å². The fourth-order valence-corrected chi connectivity index (χ4v) is 1.45. The minimum atomic E-state index is -5.06. The monoisotopic (exact) mass is 268 g/mol. The largest absolute Gasteiger partial charge is 0.479 e. The number of urea groups is 1. The standard InChI is InChI=1S/C10H15F3N2O3/c1-9(7(16)17,10(11,12)13)15-8(18)14-5-6-3-2-4-6/h6H,2-5H2,1H3,(H,16,17)(H2,14,15,18). The van der Waals surface area contributed by atoms with E-state index < -0.39 is 23.7 Å². The number of carboxylic acid groups (broad SMARTS) is 1. The third kappa shape index (κ3) is 3.05. The third-order valence-electron chi connectivity index (χ3n) is 3.13. The molecule has 0 radical (unpaired) electrons. The summed E-state index contributed by atoms with van der Waals surface area (Å²) in [6.07, 6.45) is -2.17. The Balaban J connectivity index is 2.55. The third-order valence-corrected chi connectivity index (χ3v) is 3.13. The molecule has 1 atom stereocenters. The summed E-state index contributed by atoms with van der Waals surface area (Å²) in [6, 6.07) is -1.12. The lowest BCUT2D eigenvalue weighted by Crippen LogP contribution is -2.63. The van der Waals surface area contributed by atoms with E-state index in [1.165, 1.54) is 5.32 Å². The number of rotatable bonds is 4. The van der Waals surface area contributed by atoms with Crippen molar-refractivity contribution in [1.82, 2.24) is 10.6 Å². The van der Waals surface area contributed by atoms with Crippen molar-refractivity contribution in [1.29, 1.82) is 0 Å². The summed E-state index contributed by atoms with van der Waals surface area (Å²) in [7, 11) is 0. The highest BCUT2D eigenvalue weighted by Gasteiger charge is 2.58. The zero-order valence-electron chi connectivity index (χ0n) is 9.80. The van der Waals surface area contributed by atoms with Crippen LogP contribution in [0.5, 0.6) is 0 Å². The SMILES string of the molecule is CC(NC(=O)NCC1CCC1)(C(=O)O)C(F)(F)F. The van der Waals surface area contributed by atoms with E-state index in [0.717, 1.165) is 19.3 Å². The minimum Gasteiger partial charge on any atom is -0.479 e. The Hall–Kier alpha value is -1.47. The summed E-state index contributed by atoms with van der Waals surface area (Å²) in [5.41, 5.74) is -3.28. The summed E-state index contributed by atoms with van der Waals surface area (Å²) in [5.74, 6) is -1.87. The van der Waals surface area contributed by atoms with E-state index >= 15 is 0 Å². The molecule has 0 aromatic carbocycles. The van der Waals surface area contributed by atoms with Gasteiger partial charge in [-0.25, -0.2) is 9.59 Å². The molecule has 1 rings (SSSR count).